The van der Waals surface area contributed by atoms with Crippen LogP contribution in [0.2, 0.25) is 0 Å². The third-order valence-electron chi connectivity index (χ3n) is 6.27. The number of carbonyl (C=O) groups excluding carboxylic acids is 1. The molecule has 3 aromatic rings. The first-order valence-corrected chi connectivity index (χ1v) is 14.4. The second kappa shape index (κ2) is 8.79. The number of rotatable bonds is 6. The first kappa shape index (κ1) is 21.9. The first-order valence-electron chi connectivity index (χ1n) is 10.8. The van der Waals surface area contributed by atoms with Crippen LogP contribution in [0.25, 0.3) is 10.2 Å². The molecule has 10 heteroatoms. The lowest BCUT2D eigenvalue weighted by Crippen LogP contribution is -2.41. The van der Waals surface area contributed by atoms with Crippen molar-refractivity contribution in [1.29, 1.82) is 0 Å². The fraction of sp³-hybridized carbons (Fsp3) is 0.500. The van der Waals surface area contributed by atoms with E-state index in [0.29, 0.717) is 18.1 Å². The molecule has 2 aliphatic rings. The standard InChI is InChI=1S/C22H25N3O4S3/c1-14-4-5-17-18(9-14)31-22-20(17)21(23-13-24-22)30-11-19(26)25(10-16-3-2-7-29-16)15-6-8-32(27,28)12-15/h2-3,7,13-15H,4-6,8-12H2,1H3/t14-,15+/m1/s1. The molecule has 170 valence electrons. The normalized spacial score (nSPS) is 22.2. The van der Waals surface area contributed by atoms with Crippen molar-refractivity contribution in [3.05, 3.63) is 40.9 Å². The van der Waals surface area contributed by atoms with Crippen LogP contribution in [0.1, 0.15) is 36.0 Å². The molecule has 2 atom stereocenters. The maximum atomic E-state index is 13.3. The van der Waals surface area contributed by atoms with Gasteiger partial charge in [-0.1, -0.05) is 18.7 Å². The largest absolute Gasteiger partial charge is 0.467 e. The fourth-order valence-electron chi connectivity index (χ4n) is 4.58. The third kappa shape index (κ3) is 4.45. The Morgan fingerprint density at radius 2 is 2.22 bits per heavy atom. The van der Waals surface area contributed by atoms with Crippen molar-refractivity contribution in [3.63, 3.8) is 0 Å². The summed E-state index contributed by atoms with van der Waals surface area (Å²) in [6.45, 7) is 2.56. The van der Waals surface area contributed by atoms with Gasteiger partial charge in [0, 0.05) is 16.3 Å². The van der Waals surface area contributed by atoms with Crippen molar-refractivity contribution in [2.45, 2.75) is 50.2 Å². The SMILES string of the molecule is C[C@@H]1CCc2c(sc3ncnc(SCC(=O)N(Cc4ccco4)[C@H]4CCS(=O)(=O)C4)c23)C1. The van der Waals surface area contributed by atoms with E-state index in [1.807, 2.05) is 6.07 Å². The van der Waals surface area contributed by atoms with Crippen LogP contribution in [0.4, 0.5) is 0 Å². The third-order valence-corrected chi connectivity index (χ3v) is 10.2. The minimum absolute atomic E-state index is 0.0120. The molecule has 0 radical (unpaired) electrons. The number of aryl methyl sites for hydroxylation is 1. The molecular formula is C22H25N3O4S3. The number of carbonyl (C=O) groups is 1. The highest BCUT2D eigenvalue weighted by Crippen LogP contribution is 2.40. The zero-order valence-corrected chi connectivity index (χ0v) is 20.3. The topological polar surface area (TPSA) is 93.4 Å². The summed E-state index contributed by atoms with van der Waals surface area (Å²) in [4.78, 5) is 26.3. The lowest BCUT2D eigenvalue weighted by Gasteiger charge is -2.27. The van der Waals surface area contributed by atoms with Crippen molar-refractivity contribution < 1.29 is 17.6 Å². The van der Waals surface area contributed by atoms with Gasteiger partial charge in [-0.15, -0.1) is 11.3 Å². The second-order valence-electron chi connectivity index (χ2n) is 8.66. The average molecular weight is 492 g/mol. The lowest BCUT2D eigenvalue weighted by atomic mass is 9.89. The molecule has 0 aromatic carbocycles. The predicted octanol–water partition coefficient (Wildman–Crippen LogP) is 3.72. The number of hydrogen-bond donors (Lipinski definition) is 0. The number of nitrogens with zero attached hydrogens (tertiary/aromatic N) is 3. The molecule has 0 unspecified atom stereocenters. The molecule has 1 aliphatic heterocycles. The number of sulfone groups is 1. The zero-order chi connectivity index (χ0) is 22.3. The highest BCUT2D eigenvalue weighted by molar-refractivity contribution is 8.00. The van der Waals surface area contributed by atoms with E-state index in [9.17, 15) is 13.2 Å². The molecule has 7 nitrogen and oxygen atoms in total. The maximum absolute atomic E-state index is 13.3. The monoisotopic (exact) mass is 491 g/mol. The van der Waals surface area contributed by atoms with Crippen LogP contribution in [0.5, 0.6) is 0 Å². The van der Waals surface area contributed by atoms with Gasteiger partial charge < -0.3 is 9.32 Å². The van der Waals surface area contributed by atoms with Gasteiger partial charge in [0.25, 0.3) is 0 Å². The molecule has 0 bridgehead atoms. The van der Waals surface area contributed by atoms with Gasteiger partial charge in [0.05, 0.1) is 30.1 Å². The van der Waals surface area contributed by atoms with Gasteiger partial charge in [-0.25, -0.2) is 18.4 Å². The van der Waals surface area contributed by atoms with E-state index in [2.05, 4.69) is 16.9 Å². The number of fused-ring (bicyclic) bond motifs is 3. The number of hydrogen-bond acceptors (Lipinski definition) is 8. The zero-order valence-electron chi connectivity index (χ0n) is 17.8. The molecule has 0 spiro atoms. The van der Waals surface area contributed by atoms with E-state index in [1.165, 1.54) is 22.2 Å². The van der Waals surface area contributed by atoms with Crippen molar-refractivity contribution in [3.8, 4) is 0 Å². The van der Waals surface area contributed by atoms with Crippen LogP contribution in [0, 0.1) is 5.92 Å². The molecule has 1 saturated heterocycles. The summed E-state index contributed by atoms with van der Waals surface area (Å²) in [5.74, 6) is 1.57. The smallest absolute Gasteiger partial charge is 0.233 e. The van der Waals surface area contributed by atoms with Gasteiger partial charge in [0.2, 0.25) is 5.91 Å². The Hall–Kier alpha value is -1.91. The molecule has 0 saturated carbocycles. The Kier molecular flexibility index (Phi) is 6.02. The van der Waals surface area contributed by atoms with Crippen LogP contribution >= 0.6 is 23.1 Å². The number of aromatic nitrogens is 2. The number of thioether (sulfide) groups is 1. The summed E-state index contributed by atoms with van der Waals surface area (Å²) in [5, 5.41) is 1.94. The van der Waals surface area contributed by atoms with Crippen LogP contribution in [0.15, 0.2) is 34.2 Å². The molecule has 3 aromatic heterocycles. The summed E-state index contributed by atoms with van der Waals surface area (Å²) in [5.41, 5.74) is 1.34. The van der Waals surface area contributed by atoms with Gasteiger partial charge in [0.15, 0.2) is 9.84 Å². The van der Waals surface area contributed by atoms with Crippen LogP contribution in [0.3, 0.4) is 0 Å². The highest BCUT2D eigenvalue weighted by atomic mass is 32.2. The van der Waals surface area contributed by atoms with Gasteiger partial charge in [-0.3, -0.25) is 4.79 Å². The van der Waals surface area contributed by atoms with Crippen LogP contribution < -0.4 is 0 Å². The predicted molar refractivity (Wildman–Crippen MR) is 126 cm³/mol. The molecule has 0 N–H and O–H groups in total. The van der Waals surface area contributed by atoms with E-state index in [4.69, 9.17) is 4.42 Å². The molecule has 32 heavy (non-hydrogen) atoms. The summed E-state index contributed by atoms with van der Waals surface area (Å²) in [6.07, 6.45) is 6.86. The Labute approximate surface area is 195 Å². The summed E-state index contributed by atoms with van der Waals surface area (Å²) in [7, 11) is -3.11. The van der Waals surface area contributed by atoms with Gasteiger partial charge in [-0.2, -0.15) is 0 Å². The van der Waals surface area contributed by atoms with E-state index < -0.39 is 9.84 Å². The van der Waals surface area contributed by atoms with E-state index in [-0.39, 0.29) is 35.8 Å². The molecule has 4 heterocycles. The highest BCUT2D eigenvalue weighted by Gasteiger charge is 2.35. The van der Waals surface area contributed by atoms with Gasteiger partial charge in [-0.05, 0) is 49.3 Å². The van der Waals surface area contributed by atoms with Crippen molar-refractivity contribution >= 4 is 49.1 Å². The van der Waals surface area contributed by atoms with Crippen LogP contribution in [-0.4, -0.2) is 52.5 Å². The first-order chi connectivity index (χ1) is 15.4. The minimum atomic E-state index is -3.11. The number of thiophene rings is 1. The van der Waals surface area contributed by atoms with E-state index in [0.717, 1.165) is 34.5 Å². The van der Waals surface area contributed by atoms with E-state index in [1.54, 1.807) is 34.9 Å². The summed E-state index contributed by atoms with van der Waals surface area (Å²) < 4.78 is 29.5. The maximum Gasteiger partial charge on any atom is 0.233 e. The van der Waals surface area contributed by atoms with Crippen LogP contribution in [-0.2, 0) is 34.0 Å². The molecule has 1 aliphatic carbocycles. The van der Waals surface area contributed by atoms with Gasteiger partial charge >= 0.3 is 0 Å². The number of furan rings is 1. The van der Waals surface area contributed by atoms with Crippen molar-refractivity contribution in [1.82, 2.24) is 14.9 Å². The Balaban J connectivity index is 1.37. The quantitative estimate of drug-likeness (QED) is 0.383. The minimum Gasteiger partial charge on any atom is -0.467 e. The molecular weight excluding hydrogens is 466 g/mol. The van der Waals surface area contributed by atoms with E-state index >= 15 is 0 Å². The van der Waals surface area contributed by atoms with Crippen molar-refractivity contribution in [2.24, 2.45) is 5.92 Å². The summed E-state index contributed by atoms with van der Waals surface area (Å²) in [6, 6.07) is 3.26. The Morgan fingerprint density at radius 1 is 1.34 bits per heavy atom. The lowest BCUT2D eigenvalue weighted by molar-refractivity contribution is -0.131. The summed E-state index contributed by atoms with van der Waals surface area (Å²) >= 11 is 3.16. The molecule has 5 rings (SSSR count). The van der Waals surface area contributed by atoms with Gasteiger partial charge in [0.1, 0.15) is 21.9 Å². The molecule has 1 fully saturated rings. The fourth-order valence-corrected chi connectivity index (χ4v) is 8.64. The Bertz CT molecular complexity index is 1240. The second-order valence-corrected chi connectivity index (χ2v) is 12.9. The number of amides is 1. The van der Waals surface area contributed by atoms with Crippen molar-refractivity contribution in [2.75, 3.05) is 17.3 Å². The Morgan fingerprint density at radius 3 is 2.97 bits per heavy atom. The average Bonchev–Trinajstić information content (AvgIpc) is 3.48. The molecule has 1 amide bonds.